The molecule has 2 aliphatic carbocycles. The lowest BCUT2D eigenvalue weighted by atomic mass is 9.73. The third-order valence-corrected chi connectivity index (χ3v) is 7.96. The first-order valence-electron chi connectivity index (χ1n) is 10.5. The Labute approximate surface area is 151 Å². The Kier molecular flexibility index (Phi) is 4.04. The van der Waals surface area contributed by atoms with Crippen molar-refractivity contribution < 1.29 is 4.39 Å². The number of rotatable bonds is 2. The SMILES string of the molecule is Fc1ccc2c(c1)C1(CCN(CC3CCC4CCCCC43)CC1)CN2. The van der Waals surface area contributed by atoms with Crippen LogP contribution < -0.4 is 5.32 Å². The Bertz CT molecular complexity index is 635. The first-order chi connectivity index (χ1) is 12.2. The second kappa shape index (κ2) is 6.26. The van der Waals surface area contributed by atoms with Crippen molar-refractivity contribution in [2.45, 2.75) is 56.8 Å². The minimum Gasteiger partial charge on any atom is -0.384 e. The van der Waals surface area contributed by atoms with Crippen molar-refractivity contribution in [1.29, 1.82) is 0 Å². The van der Waals surface area contributed by atoms with E-state index in [0.29, 0.717) is 0 Å². The number of likely N-dealkylation sites (tertiary alicyclic amines) is 1. The zero-order valence-corrected chi connectivity index (χ0v) is 15.3. The molecular formula is C22H31FN2. The van der Waals surface area contributed by atoms with Crippen molar-refractivity contribution in [2.24, 2.45) is 17.8 Å². The molecule has 1 spiro atoms. The number of hydrogen-bond donors (Lipinski definition) is 1. The summed E-state index contributed by atoms with van der Waals surface area (Å²) in [6.07, 6.45) is 11.2. The molecule has 4 aliphatic rings. The van der Waals surface area contributed by atoms with Crippen molar-refractivity contribution in [1.82, 2.24) is 4.90 Å². The van der Waals surface area contributed by atoms with Crippen LogP contribution in [0.15, 0.2) is 18.2 Å². The first kappa shape index (κ1) is 16.1. The predicted octanol–water partition coefficient (Wildman–Crippen LogP) is 4.80. The van der Waals surface area contributed by atoms with E-state index in [9.17, 15) is 4.39 Å². The average Bonchev–Trinajstić information content (AvgIpc) is 3.20. The molecule has 2 heterocycles. The van der Waals surface area contributed by atoms with Gasteiger partial charge in [0.05, 0.1) is 0 Å². The Morgan fingerprint density at radius 1 is 1.08 bits per heavy atom. The fourth-order valence-electron chi connectivity index (χ4n) is 6.49. The van der Waals surface area contributed by atoms with Gasteiger partial charge in [0.1, 0.15) is 5.82 Å². The molecule has 136 valence electrons. The third kappa shape index (κ3) is 2.79. The highest BCUT2D eigenvalue weighted by molar-refractivity contribution is 5.60. The molecule has 1 N–H and O–H groups in total. The first-order valence-corrected chi connectivity index (χ1v) is 10.5. The van der Waals surface area contributed by atoms with Gasteiger partial charge in [-0.2, -0.15) is 0 Å². The van der Waals surface area contributed by atoms with Gasteiger partial charge in [0.2, 0.25) is 0 Å². The number of nitrogens with one attached hydrogen (secondary N) is 1. The van der Waals surface area contributed by atoms with Crippen LogP contribution in [-0.2, 0) is 5.41 Å². The average molecular weight is 343 g/mol. The van der Waals surface area contributed by atoms with Crippen LogP contribution in [0, 0.1) is 23.6 Å². The maximum absolute atomic E-state index is 13.8. The van der Waals surface area contributed by atoms with Gasteiger partial charge in [0.15, 0.2) is 0 Å². The number of piperidine rings is 1. The topological polar surface area (TPSA) is 15.3 Å². The summed E-state index contributed by atoms with van der Waals surface area (Å²) in [5.74, 6) is 2.93. The molecule has 2 saturated carbocycles. The monoisotopic (exact) mass is 342 g/mol. The molecule has 0 amide bonds. The molecule has 25 heavy (non-hydrogen) atoms. The van der Waals surface area contributed by atoms with Crippen LogP contribution >= 0.6 is 0 Å². The molecule has 0 aromatic heterocycles. The maximum atomic E-state index is 13.8. The summed E-state index contributed by atoms with van der Waals surface area (Å²) in [6.45, 7) is 4.69. The summed E-state index contributed by atoms with van der Waals surface area (Å²) in [4.78, 5) is 2.73. The highest BCUT2D eigenvalue weighted by Gasteiger charge is 2.43. The molecule has 0 radical (unpaired) electrons. The van der Waals surface area contributed by atoms with Gasteiger partial charge >= 0.3 is 0 Å². The number of nitrogens with zero attached hydrogens (tertiary/aromatic N) is 1. The van der Waals surface area contributed by atoms with Crippen molar-refractivity contribution in [3.63, 3.8) is 0 Å². The van der Waals surface area contributed by atoms with E-state index < -0.39 is 0 Å². The highest BCUT2D eigenvalue weighted by Crippen LogP contribution is 2.48. The molecular weight excluding hydrogens is 311 g/mol. The predicted molar refractivity (Wildman–Crippen MR) is 100 cm³/mol. The normalized spacial score (nSPS) is 33.9. The molecule has 3 heteroatoms. The van der Waals surface area contributed by atoms with E-state index in [-0.39, 0.29) is 11.2 Å². The molecule has 3 unspecified atom stereocenters. The number of hydrogen-bond acceptors (Lipinski definition) is 2. The summed E-state index contributed by atoms with van der Waals surface area (Å²) in [6, 6.07) is 5.29. The Balaban J connectivity index is 1.23. The molecule has 5 rings (SSSR count). The summed E-state index contributed by atoms with van der Waals surface area (Å²) in [7, 11) is 0. The van der Waals surface area contributed by atoms with Crippen LogP contribution in [0.2, 0.25) is 0 Å². The lowest BCUT2D eigenvalue weighted by Gasteiger charge is -2.41. The third-order valence-electron chi connectivity index (χ3n) is 7.96. The quantitative estimate of drug-likeness (QED) is 0.830. The zero-order chi connectivity index (χ0) is 16.9. The minimum absolute atomic E-state index is 0.0847. The molecule has 1 saturated heterocycles. The summed E-state index contributed by atoms with van der Waals surface area (Å²) < 4.78 is 13.8. The van der Waals surface area contributed by atoms with Crippen molar-refractivity contribution in [3.05, 3.63) is 29.6 Å². The number of fused-ring (bicyclic) bond motifs is 3. The summed E-state index contributed by atoms with van der Waals surface area (Å²) in [5.41, 5.74) is 2.58. The Hall–Kier alpha value is -1.09. The van der Waals surface area contributed by atoms with Gasteiger partial charge in [-0.1, -0.05) is 19.3 Å². The molecule has 3 fully saturated rings. The minimum atomic E-state index is -0.0847. The van der Waals surface area contributed by atoms with Gasteiger partial charge in [-0.15, -0.1) is 0 Å². The van der Waals surface area contributed by atoms with Crippen LogP contribution in [0.3, 0.4) is 0 Å². The van der Waals surface area contributed by atoms with Crippen LogP contribution in [0.25, 0.3) is 0 Å². The zero-order valence-electron chi connectivity index (χ0n) is 15.3. The summed E-state index contributed by atoms with van der Waals surface area (Å²) in [5, 5.41) is 3.53. The van der Waals surface area contributed by atoms with E-state index in [2.05, 4.69) is 10.2 Å². The Morgan fingerprint density at radius 2 is 1.92 bits per heavy atom. The smallest absolute Gasteiger partial charge is 0.123 e. The molecule has 2 aliphatic heterocycles. The van der Waals surface area contributed by atoms with E-state index in [1.165, 1.54) is 76.6 Å². The number of benzene rings is 1. The molecule has 0 bridgehead atoms. The van der Waals surface area contributed by atoms with Gasteiger partial charge in [-0.05, 0) is 86.7 Å². The van der Waals surface area contributed by atoms with Crippen LogP contribution in [0.1, 0.15) is 56.9 Å². The van der Waals surface area contributed by atoms with Gasteiger partial charge in [-0.25, -0.2) is 4.39 Å². The van der Waals surface area contributed by atoms with Gasteiger partial charge in [-0.3, -0.25) is 0 Å². The van der Waals surface area contributed by atoms with E-state index in [1.54, 1.807) is 12.1 Å². The fraction of sp³-hybridized carbons (Fsp3) is 0.727. The van der Waals surface area contributed by atoms with E-state index >= 15 is 0 Å². The lowest BCUT2D eigenvalue weighted by molar-refractivity contribution is 0.121. The maximum Gasteiger partial charge on any atom is 0.123 e. The van der Waals surface area contributed by atoms with Crippen LogP contribution in [-0.4, -0.2) is 31.1 Å². The molecule has 1 aromatic rings. The van der Waals surface area contributed by atoms with E-state index in [4.69, 9.17) is 0 Å². The molecule has 3 atom stereocenters. The molecule has 2 nitrogen and oxygen atoms in total. The highest BCUT2D eigenvalue weighted by atomic mass is 19.1. The largest absolute Gasteiger partial charge is 0.384 e. The summed E-state index contributed by atoms with van der Waals surface area (Å²) >= 11 is 0. The van der Waals surface area contributed by atoms with Gasteiger partial charge in [0, 0.05) is 24.2 Å². The Morgan fingerprint density at radius 3 is 2.80 bits per heavy atom. The number of anilines is 1. The van der Waals surface area contributed by atoms with Crippen molar-refractivity contribution in [2.75, 3.05) is 31.5 Å². The second-order valence-corrected chi connectivity index (χ2v) is 9.17. The lowest BCUT2D eigenvalue weighted by Crippen LogP contribution is -2.45. The van der Waals surface area contributed by atoms with Gasteiger partial charge < -0.3 is 10.2 Å². The second-order valence-electron chi connectivity index (χ2n) is 9.17. The molecule has 1 aromatic carbocycles. The van der Waals surface area contributed by atoms with E-state index in [1.807, 2.05) is 6.07 Å². The van der Waals surface area contributed by atoms with Crippen LogP contribution in [0.4, 0.5) is 10.1 Å². The van der Waals surface area contributed by atoms with Gasteiger partial charge in [0.25, 0.3) is 0 Å². The fourth-order valence-corrected chi connectivity index (χ4v) is 6.49. The standard InChI is InChI=1S/C22H31FN2/c23-18-7-8-21-20(13-18)22(15-24-21)9-11-25(12-10-22)14-17-6-5-16-3-1-2-4-19(16)17/h7-8,13,16-17,19,24H,1-6,9-12,14-15H2. The van der Waals surface area contributed by atoms with Crippen molar-refractivity contribution >= 4 is 5.69 Å². The van der Waals surface area contributed by atoms with Crippen LogP contribution in [0.5, 0.6) is 0 Å². The van der Waals surface area contributed by atoms with E-state index in [0.717, 1.165) is 30.0 Å². The van der Waals surface area contributed by atoms with Crippen molar-refractivity contribution in [3.8, 4) is 0 Å². The number of halogens is 1.